The van der Waals surface area contributed by atoms with Crippen LogP contribution in [0.15, 0.2) is 0 Å². The van der Waals surface area contributed by atoms with Crippen molar-refractivity contribution in [3.8, 4) is 6.07 Å². The zero-order valence-corrected chi connectivity index (χ0v) is 6.61. The Bertz CT molecular complexity index is 275. The van der Waals surface area contributed by atoms with E-state index >= 15 is 0 Å². The lowest BCUT2D eigenvalue weighted by atomic mass is 9.93. The predicted octanol–water partition coefficient (Wildman–Crippen LogP) is 0.335. The van der Waals surface area contributed by atoms with Crippen LogP contribution >= 0.6 is 0 Å². The van der Waals surface area contributed by atoms with Crippen molar-refractivity contribution in [2.24, 2.45) is 5.41 Å². The molecule has 1 aliphatic rings. The van der Waals surface area contributed by atoms with Crippen molar-refractivity contribution in [3.63, 3.8) is 0 Å². The summed E-state index contributed by atoms with van der Waals surface area (Å²) in [5, 5.41) is 8.54. The summed E-state index contributed by atoms with van der Waals surface area (Å²) in [6.07, 6.45) is 0.492. The average molecular weight is 159 g/mol. The van der Waals surface area contributed by atoms with Crippen LogP contribution < -0.4 is 0 Å². The van der Waals surface area contributed by atoms with E-state index in [2.05, 4.69) is 0 Å². The Morgan fingerprint density at radius 2 is 2.20 bits per heavy atom. The van der Waals surface area contributed by atoms with Crippen LogP contribution in [0.25, 0.3) is 0 Å². The van der Waals surface area contributed by atoms with Crippen LogP contribution in [0.1, 0.15) is 13.3 Å². The first kappa shape index (κ1) is 7.55. The molecule has 0 N–H and O–H groups in total. The molecular weight excluding hydrogens is 150 g/mol. The number of hydrogen-bond donors (Lipinski definition) is 0. The summed E-state index contributed by atoms with van der Waals surface area (Å²) in [4.78, 5) is 0. The Morgan fingerprint density at radius 3 is 2.40 bits per heavy atom. The van der Waals surface area contributed by atoms with Crippen molar-refractivity contribution < 1.29 is 8.42 Å². The summed E-state index contributed by atoms with van der Waals surface area (Å²) in [6.45, 7) is 1.69. The lowest BCUT2D eigenvalue weighted by Crippen LogP contribution is -2.14. The molecular formula is C6H9NO2S. The smallest absolute Gasteiger partial charge is 0.151 e. The summed E-state index contributed by atoms with van der Waals surface area (Å²) in [7, 11) is -2.89. The Kier molecular flexibility index (Phi) is 1.48. The lowest BCUT2D eigenvalue weighted by Gasteiger charge is -2.07. The monoisotopic (exact) mass is 159 g/mol. The van der Waals surface area contributed by atoms with E-state index in [1.165, 1.54) is 0 Å². The van der Waals surface area contributed by atoms with Gasteiger partial charge in [-0.3, -0.25) is 0 Å². The molecule has 1 fully saturated rings. The molecule has 56 valence electrons. The highest BCUT2D eigenvalue weighted by molar-refractivity contribution is 7.91. The molecule has 0 aromatic rings. The van der Waals surface area contributed by atoms with Gasteiger partial charge in [0.05, 0.1) is 23.0 Å². The van der Waals surface area contributed by atoms with E-state index in [1.807, 2.05) is 6.07 Å². The fourth-order valence-corrected chi connectivity index (χ4v) is 3.18. The topological polar surface area (TPSA) is 57.9 Å². The fourth-order valence-electron chi connectivity index (χ4n) is 1.10. The summed E-state index contributed by atoms with van der Waals surface area (Å²) in [5.74, 6) is 0.216. The Morgan fingerprint density at radius 1 is 1.60 bits per heavy atom. The minimum absolute atomic E-state index is 0.0382. The first-order chi connectivity index (χ1) is 4.47. The van der Waals surface area contributed by atoms with Crippen LogP contribution in [0.5, 0.6) is 0 Å². The molecule has 1 rings (SSSR count). The van der Waals surface area contributed by atoms with Crippen molar-refractivity contribution in [2.75, 3.05) is 11.5 Å². The van der Waals surface area contributed by atoms with E-state index in [1.54, 1.807) is 6.92 Å². The molecule has 0 spiro atoms. The van der Waals surface area contributed by atoms with Crippen LogP contribution in [0.4, 0.5) is 0 Å². The second-order valence-electron chi connectivity index (χ2n) is 3.01. The second kappa shape index (κ2) is 1.96. The molecule has 1 unspecified atom stereocenters. The SMILES string of the molecule is CC1(C#N)CCS(=O)(=O)C1. The van der Waals surface area contributed by atoms with Gasteiger partial charge in [0.15, 0.2) is 9.84 Å². The van der Waals surface area contributed by atoms with Crippen LogP contribution in [-0.2, 0) is 9.84 Å². The molecule has 0 aromatic heterocycles. The van der Waals surface area contributed by atoms with Crippen molar-refractivity contribution >= 4 is 9.84 Å². The second-order valence-corrected chi connectivity index (χ2v) is 5.20. The van der Waals surface area contributed by atoms with Gasteiger partial charge in [0.2, 0.25) is 0 Å². The largest absolute Gasteiger partial charge is 0.229 e. The van der Waals surface area contributed by atoms with Crippen molar-refractivity contribution in [1.29, 1.82) is 5.26 Å². The van der Waals surface area contributed by atoms with Gasteiger partial charge in [0.1, 0.15) is 0 Å². The standard InChI is InChI=1S/C6H9NO2S/c1-6(4-7)2-3-10(8,9)5-6/h2-3,5H2,1H3. The summed E-state index contributed by atoms with van der Waals surface area (Å²) >= 11 is 0. The van der Waals surface area contributed by atoms with E-state index in [9.17, 15) is 8.42 Å². The van der Waals surface area contributed by atoms with Gasteiger partial charge in [-0.2, -0.15) is 5.26 Å². The zero-order chi connectivity index (χ0) is 7.83. The summed E-state index contributed by atoms with van der Waals surface area (Å²) < 4.78 is 21.7. The third-order valence-corrected chi connectivity index (χ3v) is 3.68. The zero-order valence-electron chi connectivity index (χ0n) is 5.79. The number of hydrogen-bond acceptors (Lipinski definition) is 3. The first-order valence-electron chi connectivity index (χ1n) is 3.09. The highest BCUT2D eigenvalue weighted by Crippen LogP contribution is 2.30. The van der Waals surface area contributed by atoms with E-state index < -0.39 is 15.3 Å². The molecule has 10 heavy (non-hydrogen) atoms. The van der Waals surface area contributed by atoms with Gasteiger partial charge in [-0.1, -0.05) is 0 Å². The van der Waals surface area contributed by atoms with Gasteiger partial charge in [-0.05, 0) is 13.3 Å². The van der Waals surface area contributed by atoms with Crippen LogP contribution in [-0.4, -0.2) is 19.9 Å². The fraction of sp³-hybridized carbons (Fsp3) is 0.833. The van der Waals surface area contributed by atoms with Crippen molar-refractivity contribution in [2.45, 2.75) is 13.3 Å². The maximum atomic E-state index is 10.9. The van der Waals surface area contributed by atoms with E-state index in [0.717, 1.165) is 0 Å². The van der Waals surface area contributed by atoms with Gasteiger partial charge >= 0.3 is 0 Å². The predicted molar refractivity (Wildman–Crippen MR) is 37.0 cm³/mol. The quantitative estimate of drug-likeness (QED) is 0.512. The Hall–Kier alpha value is -0.560. The highest BCUT2D eigenvalue weighted by Gasteiger charge is 2.38. The molecule has 4 heteroatoms. The third-order valence-electron chi connectivity index (χ3n) is 1.77. The normalized spacial score (nSPS) is 37.2. The van der Waals surface area contributed by atoms with Crippen LogP contribution in [0.3, 0.4) is 0 Å². The number of nitrogens with zero attached hydrogens (tertiary/aromatic N) is 1. The van der Waals surface area contributed by atoms with Gasteiger partial charge in [-0.25, -0.2) is 8.42 Å². The molecule has 0 aromatic carbocycles. The summed E-state index contributed by atoms with van der Waals surface area (Å²) in [6, 6.07) is 2.02. The minimum Gasteiger partial charge on any atom is -0.229 e. The third kappa shape index (κ3) is 1.29. The number of rotatable bonds is 0. The molecule has 1 heterocycles. The maximum absolute atomic E-state index is 10.9. The molecule has 1 aliphatic heterocycles. The van der Waals surface area contributed by atoms with Crippen molar-refractivity contribution in [1.82, 2.24) is 0 Å². The molecule has 0 aliphatic carbocycles. The highest BCUT2D eigenvalue weighted by atomic mass is 32.2. The van der Waals surface area contributed by atoms with Gasteiger partial charge in [0, 0.05) is 0 Å². The minimum atomic E-state index is -2.89. The average Bonchev–Trinajstić information content (AvgIpc) is 2.08. The van der Waals surface area contributed by atoms with E-state index in [4.69, 9.17) is 5.26 Å². The molecule has 3 nitrogen and oxygen atoms in total. The first-order valence-corrected chi connectivity index (χ1v) is 4.91. The molecule has 0 saturated carbocycles. The summed E-state index contributed by atoms with van der Waals surface area (Å²) in [5.41, 5.74) is -0.612. The Labute approximate surface area is 60.6 Å². The van der Waals surface area contributed by atoms with Gasteiger partial charge in [-0.15, -0.1) is 0 Å². The number of sulfone groups is 1. The molecule has 0 radical (unpaired) electrons. The van der Waals surface area contributed by atoms with E-state index in [0.29, 0.717) is 6.42 Å². The lowest BCUT2D eigenvalue weighted by molar-refractivity contribution is 0.509. The van der Waals surface area contributed by atoms with Gasteiger partial charge < -0.3 is 0 Å². The van der Waals surface area contributed by atoms with Crippen LogP contribution in [0, 0.1) is 16.7 Å². The molecule has 0 amide bonds. The molecule has 0 bridgehead atoms. The Balaban J connectivity index is 2.89. The van der Waals surface area contributed by atoms with Crippen LogP contribution in [0.2, 0.25) is 0 Å². The molecule has 1 saturated heterocycles. The van der Waals surface area contributed by atoms with Gasteiger partial charge in [0.25, 0.3) is 0 Å². The van der Waals surface area contributed by atoms with Crippen molar-refractivity contribution in [3.05, 3.63) is 0 Å². The molecule has 1 atom stereocenters. The number of nitriles is 1. The van der Waals surface area contributed by atoms with E-state index in [-0.39, 0.29) is 11.5 Å². The maximum Gasteiger partial charge on any atom is 0.151 e.